The van der Waals surface area contributed by atoms with Crippen molar-refractivity contribution in [2.75, 3.05) is 20.6 Å². The highest BCUT2D eigenvalue weighted by molar-refractivity contribution is 5.93. The molecule has 0 heterocycles. The Kier molecular flexibility index (Phi) is 5.74. The number of alkyl halides is 1. The van der Waals surface area contributed by atoms with E-state index in [4.69, 9.17) is 0 Å². The number of nitrogens with one attached hydrogen (secondary N) is 1. The van der Waals surface area contributed by atoms with Gasteiger partial charge in [0, 0.05) is 25.7 Å². The topological polar surface area (TPSA) is 32.3 Å². The molecule has 0 unspecified atom stereocenters. The second kappa shape index (κ2) is 7.55. The number of nitrogens with zero attached hydrogens (tertiary/aromatic N) is 1. The summed E-state index contributed by atoms with van der Waals surface area (Å²) in [6, 6.07) is 7.71. The number of halogens is 1. The van der Waals surface area contributed by atoms with Gasteiger partial charge < -0.3 is 10.2 Å². The van der Waals surface area contributed by atoms with Crippen molar-refractivity contribution in [3.8, 4) is 0 Å². The standard InChI is InChI=1S/C17H25FN2O/c1-19-17(21)15-7-3-13(4-8-15)11-20(2)12-14-5-9-16(18)10-6-14/h3-4,7-8,14,16H,5-6,9-12H2,1-2H3,(H,19,21). The highest BCUT2D eigenvalue weighted by Crippen LogP contribution is 2.26. The summed E-state index contributed by atoms with van der Waals surface area (Å²) >= 11 is 0. The van der Waals surface area contributed by atoms with Gasteiger partial charge in [-0.3, -0.25) is 4.79 Å². The first-order valence-electron chi connectivity index (χ1n) is 7.72. The summed E-state index contributed by atoms with van der Waals surface area (Å²) in [5.74, 6) is 0.560. The van der Waals surface area contributed by atoms with Crippen LogP contribution in [0.4, 0.5) is 4.39 Å². The van der Waals surface area contributed by atoms with Crippen LogP contribution in [0.2, 0.25) is 0 Å². The number of rotatable bonds is 5. The molecule has 2 rings (SSSR count). The van der Waals surface area contributed by atoms with Gasteiger partial charge in [-0.1, -0.05) is 12.1 Å². The maximum atomic E-state index is 13.1. The van der Waals surface area contributed by atoms with E-state index >= 15 is 0 Å². The Hall–Kier alpha value is -1.42. The van der Waals surface area contributed by atoms with E-state index < -0.39 is 6.17 Å². The number of benzene rings is 1. The van der Waals surface area contributed by atoms with Gasteiger partial charge in [0.05, 0.1) is 0 Å². The molecule has 1 saturated carbocycles. The maximum Gasteiger partial charge on any atom is 0.251 e. The molecule has 1 aromatic carbocycles. The molecule has 1 aromatic rings. The Morgan fingerprint density at radius 3 is 2.43 bits per heavy atom. The molecule has 1 N–H and O–H groups in total. The highest BCUT2D eigenvalue weighted by atomic mass is 19.1. The summed E-state index contributed by atoms with van der Waals surface area (Å²) in [6.45, 7) is 1.88. The number of amides is 1. The quantitative estimate of drug-likeness (QED) is 0.905. The maximum absolute atomic E-state index is 13.1. The first-order valence-corrected chi connectivity index (χ1v) is 7.72. The average Bonchev–Trinajstić information content (AvgIpc) is 2.49. The van der Waals surface area contributed by atoms with Gasteiger partial charge in [0.1, 0.15) is 6.17 Å². The van der Waals surface area contributed by atoms with Gasteiger partial charge in [0.15, 0.2) is 0 Å². The van der Waals surface area contributed by atoms with Crippen molar-refractivity contribution in [2.45, 2.75) is 38.4 Å². The third kappa shape index (κ3) is 4.81. The monoisotopic (exact) mass is 292 g/mol. The van der Waals surface area contributed by atoms with Crippen LogP contribution in [0.5, 0.6) is 0 Å². The fourth-order valence-electron chi connectivity index (χ4n) is 3.03. The van der Waals surface area contributed by atoms with Gasteiger partial charge in [-0.2, -0.15) is 0 Å². The smallest absolute Gasteiger partial charge is 0.251 e. The number of hydrogen-bond donors (Lipinski definition) is 1. The molecule has 0 radical (unpaired) electrons. The molecular formula is C17H25FN2O. The van der Waals surface area contributed by atoms with Gasteiger partial charge in [0.25, 0.3) is 5.91 Å². The van der Waals surface area contributed by atoms with Gasteiger partial charge in [-0.05, 0) is 56.3 Å². The number of carbonyl (C=O) groups is 1. The van der Waals surface area contributed by atoms with Crippen molar-refractivity contribution in [3.63, 3.8) is 0 Å². The minimum absolute atomic E-state index is 0.0575. The van der Waals surface area contributed by atoms with Crippen LogP contribution >= 0.6 is 0 Å². The van der Waals surface area contributed by atoms with E-state index in [2.05, 4.69) is 17.3 Å². The molecule has 1 aliphatic carbocycles. The average molecular weight is 292 g/mol. The third-order valence-electron chi connectivity index (χ3n) is 4.24. The van der Waals surface area contributed by atoms with Gasteiger partial charge in [0.2, 0.25) is 0 Å². The van der Waals surface area contributed by atoms with Gasteiger partial charge >= 0.3 is 0 Å². The Bertz CT molecular complexity index is 452. The first-order chi connectivity index (χ1) is 10.1. The zero-order valence-corrected chi connectivity index (χ0v) is 12.9. The molecule has 0 spiro atoms. The van der Waals surface area contributed by atoms with Crippen LogP contribution in [0, 0.1) is 5.92 Å². The molecule has 116 valence electrons. The summed E-state index contributed by atoms with van der Waals surface area (Å²) in [7, 11) is 3.74. The molecular weight excluding hydrogens is 267 g/mol. The summed E-state index contributed by atoms with van der Waals surface area (Å²) in [6.07, 6.45) is 2.87. The first kappa shape index (κ1) is 16.0. The van der Waals surface area contributed by atoms with Gasteiger partial charge in [-0.25, -0.2) is 4.39 Å². The Labute approximate surface area is 126 Å². The number of hydrogen-bond acceptors (Lipinski definition) is 2. The molecule has 1 amide bonds. The Morgan fingerprint density at radius 2 is 1.86 bits per heavy atom. The normalized spacial score (nSPS) is 22.3. The second-order valence-electron chi connectivity index (χ2n) is 6.09. The molecule has 3 nitrogen and oxygen atoms in total. The Morgan fingerprint density at radius 1 is 1.24 bits per heavy atom. The van der Waals surface area contributed by atoms with Crippen molar-refractivity contribution in [1.82, 2.24) is 10.2 Å². The zero-order chi connectivity index (χ0) is 15.2. The fourth-order valence-corrected chi connectivity index (χ4v) is 3.03. The minimum Gasteiger partial charge on any atom is -0.355 e. The molecule has 1 fully saturated rings. The molecule has 21 heavy (non-hydrogen) atoms. The SMILES string of the molecule is CNC(=O)c1ccc(CN(C)CC2CCC(F)CC2)cc1. The van der Waals surface area contributed by atoms with Crippen molar-refractivity contribution >= 4 is 5.91 Å². The summed E-state index contributed by atoms with van der Waals surface area (Å²) in [5, 5.41) is 2.62. The summed E-state index contributed by atoms with van der Waals surface area (Å²) in [5.41, 5.74) is 1.88. The van der Waals surface area contributed by atoms with Crippen LogP contribution < -0.4 is 5.32 Å². The lowest BCUT2D eigenvalue weighted by Gasteiger charge is -2.28. The van der Waals surface area contributed by atoms with E-state index in [1.807, 2.05) is 24.3 Å². The predicted molar refractivity (Wildman–Crippen MR) is 83.0 cm³/mol. The molecule has 0 bridgehead atoms. The van der Waals surface area contributed by atoms with Gasteiger partial charge in [-0.15, -0.1) is 0 Å². The lowest BCUT2D eigenvalue weighted by molar-refractivity contribution is 0.0963. The summed E-state index contributed by atoms with van der Waals surface area (Å²) in [4.78, 5) is 13.8. The molecule has 0 aliphatic heterocycles. The van der Waals surface area contributed by atoms with E-state index in [1.165, 1.54) is 5.56 Å². The second-order valence-corrected chi connectivity index (χ2v) is 6.09. The predicted octanol–water partition coefficient (Wildman–Crippen LogP) is 3.01. The lowest BCUT2D eigenvalue weighted by atomic mass is 9.88. The van der Waals surface area contributed by atoms with Crippen LogP contribution in [0.15, 0.2) is 24.3 Å². The van der Waals surface area contributed by atoms with E-state index in [0.29, 0.717) is 11.5 Å². The van der Waals surface area contributed by atoms with Crippen LogP contribution in [-0.2, 0) is 6.54 Å². The van der Waals surface area contributed by atoms with Crippen LogP contribution in [0.25, 0.3) is 0 Å². The zero-order valence-electron chi connectivity index (χ0n) is 12.9. The minimum atomic E-state index is -0.580. The molecule has 4 heteroatoms. The van der Waals surface area contributed by atoms with Crippen LogP contribution in [0.3, 0.4) is 0 Å². The van der Waals surface area contributed by atoms with Crippen molar-refractivity contribution < 1.29 is 9.18 Å². The largest absolute Gasteiger partial charge is 0.355 e. The van der Waals surface area contributed by atoms with Crippen molar-refractivity contribution in [1.29, 1.82) is 0 Å². The lowest BCUT2D eigenvalue weighted by Crippen LogP contribution is -2.28. The van der Waals surface area contributed by atoms with E-state index in [9.17, 15) is 9.18 Å². The van der Waals surface area contributed by atoms with Crippen LogP contribution in [0.1, 0.15) is 41.6 Å². The van der Waals surface area contributed by atoms with E-state index in [1.54, 1.807) is 7.05 Å². The fraction of sp³-hybridized carbons (Fsp3) is 0.588. The van der Waals surface area contributed by atoms with E-state index in [0.717, 1.165) is 38.8 Å². The molecule has 1 aliphatic rings. The number of carbonyl (C=O) groups excluding carboxylic acids is 1. The molecule has 0 atom stereocenters. The third-order valence-corrected chi connectivity index (χ3v) is 4.24. The highest BCUT2D eigenvalue weighted by Gasteiger charge is 2.21. The molecule has 0 saturated heterocycles. The Balaban J connectivity index is 1.82. The van der Waals surface area contributed by atoms with Crippen molar-refractivity contribution in [2.24, 2.45) is 5.92 Å². The van der Waals surface area contributed by atoms with Crippen molar-refractivity contribution in [3.05, 3.63) is 35.4 Å². The van der Waals surface area contributed by atoms with Crippen LogP contribution in [-0.4, -0.2) is 37.6 Å². The van der Waals surface area contributed by atoms with E-state index in [-0.39, 0.29) is 5.91 Å². The summed E-state index contributed by atoms with van der Waals surface area (Å²) < 4.78 is 13.1. The molecule has 0 aromatic heterocycles.